The Morgan fingerprint density at radius 2 is 1.63 bits per heavy atom. The number of ether oxygens (including phenoxy) is 2. The third-order valence-corrected chi connectivity index (χ3v) is 4.51. The van der Waals surface area contributed by atoms with Crippen molar-refractivity contribution in [3.63, 3.8) is 0 Å². The van der Waals surface area contributed by atoms with Crippen molar-refractivity contribution < 1.29 is 9.47 Å². The van der Waals surface area contributed by atoms with Gasteiger partial charge in [0.2, 0.25) is 0 Å². The molecule has 0 amide bonds. The summed E-state index contributed by atoms with van der Waals surface area (Å²) in [5, 5.41) is 0. The van der Waals surface area contributed by atoms with Crippen molar-refractivity contribution in [1.29, 1.82) is 0 Å². The van der Waals surface area contributed by atoms with Crippen molar-refractivity contribution in [3.8, 4) is 0 Å². The van der Waals surface area contributed by atoms with Gasteiger partial charge >= 0.3 is 0 Å². The molecule has 19 heavy (non-hydrogen) atoms. The van der Waals surface area contributed by atoms with Gasteiger partial charge in [-0.05, 0) is 45.2 Å². The van der Waals surface area contributed by atoms with Gasteiger partial charge in [-0.3, -0.25) is 4.90 Å². The summed E-state index contributed by atoms with van der Waals surface area (Å²) in [6.07, 6.45) is 3.08. The minimum absolute atomic E-state index is 0.360. The molecule has 0 aromatic carbocycles. The van der Waals surface area contributed by atoms with E-state index in [0.717, 1.165) is 26.3 Å². The molecule has 2 saturated heterocycles. The fraction of sp³-hybridized carbons (Fsp3) is 1.00. The quantitative estimate of drug-likeness (QED) is 0.699. The van der Waals surface area contributed by atoms with Crippen molar-refractivity contribution in [2.45, 2.75) is 32.8 Å². The molecule has 2 rings (SSSR count). The molecule has 0 bridgehead atoms. The first-order valence-corrected chi connectivity index (χ1v) is 7.69. The van der Waals surface area contributed by atoms with Gasteiger partial charge in [0.15, 0.2) is 0 Å². The van der Waals surface area contributed by atoms with Gasteiger partial charge in [0.1, 0.15) is 0 Å². The Morgan fingerprint density at radius 1 is 1.00 bits per heavy atom. The summed E-state index contributed by atoms with van der Waals surface area (Å²) < 4.78 is 10.8. The highest BCUT2D eigenvalue weighted by Crippen LogP contribution is 2.40. The van der Waals surface area contributed by atoms with Crippen LogP contribution in [-0.4, -0.2) is 75.5 Å². The first-order valence-electron chi connectivity index (χ1n) is 7.69. The third kappa shape index (κ3) is 4.42. The lowest BCUT2D eigenvalue weighted by Gasteiger charge is -2.54. The highest BCUT2D eigenvalue weighted by Gasteiger charge is 2.44. The van der Waals surface area contributed by atoms with E-state index >= 15 is 0 Å². The molecule has 0 aromatic heterocycles. The molecule has 0 saturated carbocycles. The summed E-state index contributed by atoms with van der Waals surface area (Å²) in [5.41, 5.74) is 0.626. The van der Waals surface area contributed by atoms with Crippen LogP contribution in [0.3, 0.4) is 0 Å². The van der Waals surface area contributed by atoms with Crippen LogP contribution < -0.4 is 0 Å². The Morgan fingerprint density at radius 3 is 2.21 bits per heavy atom. The maximum atomic E-state index is 5.62. The van der Waals surface area contributed by atoms with Crippen LogP contribution in [0.2, 0.25) is 0 Å². The molecule has 2 aliphatic heterocycles. The summed E-state index contributed by atoms with van der Waals surface area (Å²) in [4.78, 5) is 5.09. The molecule has 2 heterocycles. The molecular weight excluding hydrogens is 240 g/mol. The highest BCUT2D eigenvalue weighted by atomic mass is 16.5. The van der Waals surface area contributed by atoms with Crippen LogP contribution in [0.4, 0.5) is 0 Å². The molecule has 0 unspecified atom stereocenters. The Bertz CT molecular complexity index is 255. The van der Waals surface area contributed by atoms with Gasteiger partial charge in [0.25, 0.3) is 0 Å². The predicted octanol–water partition coefficient (Wildman–Crippen LogP) is 1.46. The van der Waals surface area contributed by atoms with E-state index in [1.165, 1.54) is 39.0 Å². The maximum absolute atomic E-state index is 5.62. The van der Waals surface area contributed by atoms with Crippen LogP contribution >= 0.6 is 0 Å². The van der Waals surface area contributed by atoms with E-state index in [9.17, 15) is 0 Å². The number of methoxy groups -OCH3 is 1. The Balaban J connectivity index is 1.58. The standard InChI is InChI=1S/C15H30N2O2/c1-14(2)19-11-9-17-12-15(13-17)4-6-16(7-5-15)8-10-18-3/h14H,4-13H2,1-3H3. The zero-order chi connectivity index (χ0) is 13.7. The average Bonchev–Trinajstić information content (AvgIpc) is 2.35. The zero-order valence-electron chi connectivity index (χ0n) is 12.9. The first-order chi connectivity index (χ1) is 9.13. The van der Waals surface area contributed by atoms with E-state index in [2.05, 4.69) is 23.6 Å². The second kappa shape index (κ2) is 7.02. The summed E-state index contributed by atoms with van der Waals surface area (Å²) >= 11 is 0. The van der Waals surface area contributed by atoms with Crippen molar-refractivity contribution >= 4 is 0 Å². The van der Waals surface area contributed by atoms with Gasteiger partial charge < -0.3 is 14.4 Å². The molecule has 1 spiro atoms. The predicted molar refractivity (Wildman–Crippen MR) is 77.5 cm³/mol. The lowest BCUT2D eigenvalue weighted by atomic mass is 9.72. The van der Waals surface area contributed by atoms with E-state index in [-0.39, 0.29) is 0 Å². The van der Waals surface area contributed by atoms with Gasteiger partial charge in [-0.1, -0.05) is 0 Å². The SMILES string of the molecule is COCCN1CCC2(CC1)CN(CCOC(C)C)C2. The van der Waals surface area contributed by atoms with Crippen molar-refractivity contribution in [2.24, 2.45) is 5.41 Å². The number of nitrogens with zero attached hydrogens (tertiary/aromatic N) is 2. The topological polar surface area (TPSA) is 24.9 Å². The van der Waals surface area contributed by atoms with Crippen LogP contribution in [0, 0.1) is 5.41 Å². The Labute approximate surface area is 118 Å². The molecule has 0 atom stereocenters. The molecule has 112 valence electrons. The van der Waals surface area contributed by atoms with Crippen LogP contribution in [0.15, 0.2) is 0 Å². The Kier molecular flexibility index (Phi) is 5.63. The van der Waals surface area contributed by atoms with E-state index in [1.807, 2.05) is 0 Å². The van der Waals surface area contributed by atoms with Crippen molar-refractivity contribution in [1.82, 2.24) is 9.80 Å². The largest absolute Gasteiger partial charge is 0.383 e. The fourth-order valence-corrected chi connectivity index (χ4v) is 3.27. The molecule has 0 aliphatic carbocycles. The smallest absolute Gasteiger partial charge is 0.0596 e. The van der Waals surface area contributed by atoms with Crippen LogP contribution in [0.25, 0.3) is 0 Å². The number of hydrogen-bond donors (Lipinski definition) is 0. The molecule has 4 heteroatoms. The molecule has 4 nitrogen and oxygen atoms in total. The Hall–Kier alpha value is -0.160. The van der Waals surface area contributed by atoms with Crippen LogP contribution in [0.1, 0.15) is 26.7 Å². The lowest BCUT2D eigenvalue weighted by Crippen LogP contribution is -2.60. The monoisotopic (exact) mass is 270 g/mol. The van der Waals surface area contributed by atoms with Crippen molar-refractivity contribution in [3.05, 3.63) is 0 Å². The minimum atomic E-state index is 0.360. The number of rotatable bonds is 7. The molecule has 0 N–H and O–H groups in total. The van der Waals surface area contributed by atoms with E-state index in [0.29, 0.717) is 11.5 Å². The van der Waals surface area contributed by atoms with Crippen LogP contribution in [0.5, 0.6) is 0 Å². The minimum Gasteiger partial charge on any atom is -0.383 e. The maximum Gasteiger partial charge on any atom is 0.0596 e. The number of hydrogen-bond acceptors (Lipinski definition) is 4. The first kappa shape index (κ1) is 15.2. The van der Waals surface area contributed by atoms with E-state index < -0.39 is 0 Å². The normalized spacial score (nSPS) is 24.0. The van der Waals surface area contributed by atoms with Crippen LogP contribution in [-0.2, 0) is 9.47 Å². The van der Waals surface area contributed by atoms with E-state index in [4.69, 9.17) is 9.47 Å². The average molecular weight is 270 g/mol. The van der Waals surface area contributed by atoms with Gasteiger partial charge in [0, 0.05) is 33.3 Å². The summed E-state index contributed by atoms with van der Waals surface area (Å²) in [6, 6.07) is 0. The number of likely N-dealkylation sites (tertiary alicyclic amines) is 2. The van der Waals surface area contributed by atoms with E-state index in [1.54, 1.807) is 7.11 Å². The molecular formula is C15H30N2O2. The number of piperidine rings is 1. The molecule has 2 fully saturated rings. The summed E-state index contributed by atoms with van der Waals surface area (Å²) in [6.45, 7) is 13.2. The summed E-state index contributed by atoms with van der Waals surface area (Å²) in [5.74, 6) is 0. The zero-order valence-corrected chi connectivity index (χ0v) is 12.9. The second-order valence-electron chi connectivity index (χ2n) is 6.46. The fourth-order valence-electron chi connectivity index (χ4n) is 3.27. The summed E-state index contributed by atoms with van der Waals surface area (Å²) in [7, 11) is 1.79. The van der Waals surface area contributed by atoms with Gasteiger partial charge in [-0.25, -0.2) is 0 Å². The highest BCUT2D eigenvalue weighted by molar-refractivity contribution is 4.98. The van der Waals surface area contributed by atoms with Gasteiger partial charge in [-0.2, -0.15) is 0 Å². The lowest BCUT2D eigenvalue weighted by molar-refractivity contribution is -0.0627. The van der Waals surface area contributed by atoms with Crippen molar-refractivity contribution in [2.75, 3.05) is 59.6 Å². The molecule has 0 radical (unpaired) electrons. The molecule has 2 aliphatic rings. The third-order valence-electron chi connectivity index (χ3n) is 4.51. The molecule has 0 aromatic rings. The van der Waals surface area contributed by atoms with Gasteiger partial charge in [0.05, 0.1) is 19.3 Å². The van der Waals surface area contributed by atoms with Gasteiger partial charge in [-0.15, -0.1) is 0 Å². The second-order valence-corrected chi connectivity index (χ2v) is 6.46.